The first-order valence-electron chi connectivity index (χ1n) is 6.98. The number of methoxy groups -OCH3 is 1. The highest BCUT2D eigenvalue weighted by molar-refractivity contribution is 5.35. The highest BCUT2D eigenvalue weighted by Crippen LogP contribution is 2.47. The molecule has 1 N–H and O–H groups in total. The van der Waals surface area contributed by atoms with Gasteiger partial charge in [-0.3, -0.25) is 0 Å². The SMILES string of the molecule is COc1cccc([C@]2(O)CCCC[C@@]2(C)N(C)C)c1. The van der Waals surface area contributed by atoms with Crippen molar-refractivity contribution in [1.29, 1.82) is 0 Å². The third kappa shape index (κ3) is 2.26. The van der Waals surface area contributed by atoms with Crippen LogP contribution < -0.4 is 4.74 Å². The monoisotopic (exact) mass is 263 g/mol. The van der Waals surface area contributed by atoms with Crippen LogP contribution >= 0.6 is 0 Å². The van der Waals surface area contributed by atoms with Gasteiger partial charge < -0.3 is 14.7 Å². The predicted octanol–water partition coefficient (Wildman–Crippen LogP) is 2.78. The van der Waals surface area contributed by atoms with Crippen LogP contribution in [0.4, 0.5) is 0 Å². The van der Waals surface area contributed by atoms with E-state index in [1.165, 1.54) is 6.42 Å². The van der Waals surface area contributed by atoms with Gasteiger partial charge in [-0.1, -0.05) is 25.0 Å². The van der Waals surface area contributed by atoms with Gasteiger partial charge in [0.25, 0.3) is 0 Å². The molecule has 3 nitrogen and oxygen atoms in total. The molecule has 3 heteroatoms. The lowest BCUT2D eigenvalue weighted by molar-refractivity contribution is -0.123. The Balaban J connectivity index is 2.47. The lowest BCUT2D eigenvalue weighted by Crippen LogP contribution is -2.59. The van der Waals surface area contributed by atoms with E-state index < -0.39 is 5.60 Å². The molecule has 1 aromatic carbocycles. The second-order valence-corrected chi connectivity index (χ2v) is 5.97. The maximum Gasteiger partial charge on any atom is 0.119 e. The largest absolute Gasteiger partial charge is 0.497 e. The summed E-state index contributed by atoms with van der Waals surface area (Å²) < 4.78 is 5.29. The van der Waals surface area contributed by atoms with Crippen LogP contribution in [0.5, 0.6) is 5.75 Å². The van der Waals surface area contributed by atoms with Crippen LogP contribution in [0.15, 0.2) is 24.3 Å². The van der Waals surface area contributed by atoms with Gasteiger partial charge in [0.05, 0.1) is 12.6 Å². The predicted molar refractivity (Wildman–Crippen MR) is 77.5 cm³/mol. The third-order valence-electron chi connectivity index (χ3n) is 4.88. The number of hydrogen-bond acceptors (Lipinski definition) is 3. The average Bonchev–Trinajstić information content (AvgIpc) is 2.42. The first-order valence-corrected chi connectivity index (χ1v) is 6.98. The fourth-order valence-electron chi connectivity index (χ4n) is 3.26. The smallest absolute Gasteiger partial charge is 0.119 e. The zero-order valence-corrected chi connectivity index (χ0v) is 12.4. The molecular weight excluding hydrogens is 238 g/mol. The quantitative estimate of drug-likeness (QED) is 0.910. The van der Waals surface area contributed by atoms with Gasteiger partial charge in [0, 0.05) is 0 Å². The summed E-state index contributed by atoms with van der Waals surface area (Å²) in [4.78, 5) is 2.16. The molecule has 2 atom stereocenters. The Morgan fingerprint density at radius 1 is 1.21 bits per heavy atom. The zero-order valence-electron chi connectivity index (χ0n) is 12.4. The normalized spacial score (nSPS) is 31.5. The molecule has 0 saturated heterocycles. The van der Waals surface area contributed by atoms with Crippen LogP contribution in [-0.2, 0) is 5.60 Å². The van der Waals surface area contributed by atoms with Crippen molar-refractivity contribution in [3.8, 4) is 5.75 Å². The lowest BCUT2D eigenvalue weighted by atomic mass is 9.66. The second-order valence-electron chi connectivity index (χ2n) is 5.97. The third-order valence-corrected chi connectivity index (χ3v) is 4.88. The number of benzene rings is 1. The van der Waals surface area contributed by atoms with Gasteiger partial charge in [-0.05, 0) is 51.6 Å². The van der Waals surface area contributed by atoms with Gasteiger partial charge in [0.2, 0.25) is 0 Å². The number of rotatable bonds is 3. The fourth-order valence-corrected chi connectivity index (χ4v) is 3.26. The molecule has 0 amide bonds. The summed E-state index contributed by atoms with van der Waals surface area (Å²) in [7, 11) is 5.77. The number of aliphatic hydroxyl groups is 1. The Hall–Kier alpha value is -1.06. The summed E-state index contributed by atoms with van der Waals surface area (Å²) in [6.07, 6.45) is 4.04. The first-order chi connectivity index (χ1) is 8.94. The molecular formula is C16H25NO2. The van der Waals surface area contributed by atoms with E-state index in [-0.39, 0.29) is 5.54 Å². The van der Waals surface area contributed by atoms with Crippen molar-refractivity contribution < 1.29 is 9.84 Å². The summed E-state index contributed by atoms with van der Waals surface area (Å²) in [6.45, 7) is 2.16. The molecule has 0 bridgehead atoms. The van der Waals surface area contributed by atoms with Crippen molar-refractivity contribution in [2.75, 3.05) is 21.2 Å². The first kappa shape index (κ1) is 14.4. The van der Waals surface area contributed by atoms with E-state index in [1.807, 2.05) is 24.3 Å². The van der Waals surface area contributed by atoms with Gasteiger partial charge in [-0.15, -0.1) is 0 Å². The maximum absolute atomic E-state index is 11.4. The minimum absolute atomic E-state index is 0.238. The zero-order chi connectivity index (χ0) is 14.1. The molecule has 1 aliphatic rings. The molecule has 0 heterocycles. The van der Waals surface area contributed by atoms with E-state index in [2.05, 4.69) is 25.9 Å². The Labute approximate surface area is 116 Å². The fraction of sp³-hybridized carbons (Fsp3) is 0.625. The summed E-state index contributed by atoms with van der Waals surface area (Å²) in [5.74, 6) is 0.803. The van der Waals surface area contributed by atoms with Crippen LogP contribution in [0.3, 0.4) is 0 Å². The highest BCUT2D eigenvalue weighted by Gasteiger charge is 2.51. The Morgan fingerprint density at radius 3 is 2.53 bits per heavy atom. The molecule has 2 rings (SSSR count). The van der Waals surface area contributed by atoms with E-state index in [4.69, 9.17) is 4.74 Å². The highest BCUT2D eigenvalue weighted by atomic mass is 16.5. The van der Waals surface area contributed by atoms with E-state index in [1.54, 1.807) is 7.11 Å². The van der Waals surface area contributed by atoms with Crippen molar-refractivity contribution >= 4 is 0 Å². The summed E-state index contributed by atoms with van der Waals surface area (Å²) >= 11 is 0. The Bertz CT molecular complexity index is 446. The maximum atomic E-state index is 11.4. The summed E-state index contributed by atoms with van der Waals surface area (Å²) in [6, 6.07) is 7.85. The molecule has 1 aromatic rings. The van der Waals surface area contributed by atoms with E-state index >= 15 is 0 Å². The van der Waals surface area contributed by atoms with Crippen LogP contribution in [0.2, 0.25) is 0 Å². The van der Waals surface area contributed by atoms with Crippen molar-refractivity contribution in [2.24, 2.45) is 0 Å². The number of likely N-dealkylation sites (N-methyl/N-ethyl adjacent to an activating group) is 1. The van der Waals surface area contributed by atoms with E-state index in [0.717, 1.165) is 30.6 Å². The minimum Gasteiger partial charge on any atom is -0.497 e. The van der Waals surface area contributed by atoms with Crippen molar-refractivity contribution in [1.82, 2.24) is 4.90 Å². The van der Waals surface area contributed by atoms with Crippen molar-refractivity contribution in [3.05, 3.63) is 29.8 Å². The molecule has 0 aromatic heterocycles. The van der Waals surface area contributed by atoms with Crippen LogP contribution in [0.25, 0.3) is 0 Å². The molecule has 0 unspecified atom stereocenters. The molecule has 1 saturated carbocycles. The van der Waals surface area contributed by atoms with E-state index in [9.17, 15) is 5.11 Å². The van der Waals surface area contributed by atoms with Crippen molar-refractivity contribution in [2.45, 2.75) is 43.7 Å². The molecule has 1 aliphatic carbocycles. The van der Waals surface area contributed by atoms with Gasteiger partial charge >= 0.3 is 0 Å². The number of nitrogens with zero attached hydrogens (tertiary/aromatic N) is 1. The van der Waals surface area contributed by atoms with Crippen LogP contribution in [-0.4, -0.2) is 36.8 Å². The molecule has 0 aliphatic heterocycles. The Kier molecular flexibility index (Phi) is 3.88. The molecule has 0 radical (unpaired) electrons. The molecule has 19 heavy (non-hydrogen) atoms. The molecule has 0 spiro atoms. The van der Waals surface area contributed by atoms with Gasteiger partial charge in [0.1, 0.15) is 11.4 Å². The van der Waals surface area contributed by atoms with E-state index in [0.29, 0.717) is 0 Å². The lowest BCUT2D eigenvalue weighted by Gasteiger charge is -2.52. The number of ether oxygens (including phenoxy) is 1. The minimum atomic E-state index is -0.816. The summed E-state index contributed by atoms with van der Waals surface area (Å²) in [5.41, 5.74) is -0.0938. The molecule has 1 fully saturated rings. The number of hydrogen-bond donors (Lipinski definition) is 1. The van der Waals surface area contributed by atoms with Gasteiger partial charge in [-0.2, -0.15) is 0 Å². The van der Waals surface area contributed by atoms with Crippen LogP contribution in [0.1, 0.15) is 38.2 Å². The second kappa shape index (κ2) is 5.14. The Morgan fingerprint density at radius 2 is 1.89 bits per heavy atom. The van der Waals surface area contributed by atoms with Crippen LogP contribution in [0, 0.1) is 0 Å². The van der Waals surface area contributed by atoms with Crippen molar-refractivity contribution in [3.63, 3.8) is 0 Å². The van der Waals surface area contributed by atoms with Gasteiger partial charge in [-0.25, -0.2) is 0 Å². The average molecular weight is 263 g/mol. The molecule has 106 valence electrons. The summed E-state index contributed by atoms with van der Waals surface area (Å²) in [5, 5.41) is 11.4. The standard InChI is InChI=1S/C16H25NO2/c1-15(17(2)3)10-5-6-11-16(15,18)13-8-7-9-14(12-13)19-4/h7-9,12,18H,5-6,10-11H2,1-4H3/t15-,16-/m1/s1. The van der Waals surface area contributed by atoms with Gasteiger partial charge in [0.15, 0.2) is 0 Å². The topological polar surface area (TPSA) is 32.7 Å².